The van der Waals surface area contributed by atoms with Gasteiger partial charge in [0.25, 0.3) is 0 Å². The molecule has 22 heavy (non-hydrogen) atoms. The highest BCUT2D eigenvalue weighted by Gasteiger charge is 2.12. The van der Waals surface area contributed by atoms with Gasteiger partial charge in [0.15, 0.2) is 0 Å². The molecule has 0 bridgehead atoms. The van der Waals surface area contributed by atoms with E-state index in [4.69, 9.17) is 4.74 Å². The third-order valence-electron chi connectivity index (χ3n) is 3.96. The minimum atomic E-state index is -1.03. The Hall–Kier alpha value is -1.71. The Kier molecular flexibility index (Phi) is 4.27. The van der Waals surface area contributed by atoms with Crippen LogP contribution in [0.5, 0.6) is 0 Å². The lowest BCUT2D eigenvalue weighted by Gasteiger charge is -2.16. The highest BCUT2D eigenvalue weighted by atomic mass is 28.3. The van der Waals surface area contributed by atoms with Crippen molar-refractivity contribution in [3.8, 4) is 0 Å². The van der Waals surface area contributed by atoms with Crippen LogP contribution in [0.1, 0.15) is 5.56 Å². The number of pyridine rings is 1. The van der Waals surface area contributed by atoms with Crippen molar-refractivity contribution >= 4 is 29.7 Å². The first-order chi connectivity index (χ1) is 10.5. The molecule has 2 nitrogen and oxygen atoms in total. The summed E-state index contributed by atoms with van der Waals surface area (Å²) in [6.07, 6.45) is 1.95. The van der Waals surface area contributed by atoms with Crippen LogP contribution in [0.3, 0.4) is 0 Å². The number of benzene rings is 2. The first kappa shape index (κ1) is 15.2. The number of hydrogen-bond donors (Lipinski definition) is 0. The molecule has 0 amide bonds. The number of aromatic nitrogens is 1. The fourth-order valence-electron chi connectivity index (χ4n) is 2.66. The van der Waals surface area contributed by atoms with Gasteiger partial charge in [-0.1, -0.05) is 56.0 Å². The second kappa shape index (κ2) is 6.19. The highest BCUT2D eigenvalue weighted by Crippen LogP contribution is 2.27. The summed E-state index contributed by atoms with van der Waals surface area (Å²) in [4.78, 5) is 4.59. The fourth-order valence-corrected chi connectivity index (χ4v) is 3.42. The Bertz CT molecular complexity index is 792. The van der Waals surface area contributed by atoms with E-state index >= 15 is 0 Å². The SMILES string of the molecule is C[Si](C)(C)CCOCc1cccc2ncc3ccccc3c12. The molecule has 0 fully saturated rings. The van der Waals surface area contributed by atoms with Gasteiger partial charge in [-0.25, -0.2) is 0 Å². The molecule has 0 radical (unpaired) electrons. The van der Waals surface area contributed by atoms with E-state index in [1.165, 1.54) is 27.8 Å². The molecule has 1 heterocycles. The average Bonchev–Trinajstić information content (AvgIpc) is 2.50. The van der Waals surface area contributed by atoms with Crippen molar-refractivity contribution in [3.63, 3.8) is 0 Å². The summed E-state index contributed by atoms with van der Waals surface area (Å²) in [5, 5.41) is 3.68. The molecule has 0 unspecified atom stereocenters. The molecular weight excluding hydrogens is 286 g/mol. The zero-order chi connectivity index (χ0) is 15.6. The van der Waals surface area contributed by atoms with Gasteiger partial charge in [-0.3, -0.25) is 4.98 Å². The van der Waals surface area contributed by atoms with Crippen molar-refractivity contribution in [2.24, 2.45) is 0 Å². The summed E-state index contributed by atoms with van der Waals surface area (Å²) < 4.78 is 5.96. The Labute approximate surface area is 133 Å². The molecule has 0 atom stereocenters. The van der Waals surface area contributed by atoms with E-state index in [-0.39, 0.29) is 0 Å². The Balaban J connectivity index is 1.91. The average molecular weight is 309 g/mol. The van der Waals surface area contributed by atoms with Crippen LogP contribution >= 0.6 is 0 Å². The molecule has 0 aliphatic heterocycles. The van der Waals surface area contributed by atoms with Crippen LogP contribution in [-0.2, 0) is 11.3 Å². The highest BCUT2D eigenvalue weighted by molar-refractivity contribution is 6.76. The van der Waals surface area contributed by atoms with Gasteiger partial charge < -0.3 is 4.74 Å². The van der Waals surface area contributed by atoms with Crippen molar-refractivity contribution < 1.29 is 4.74 Å². The van der Waals surface area contributed by atoms with Crippen LogP contribution in [0.2, 0.25) is 25.7 Å². The maximum Gasteiger partial charge on any atom is 0.0723 e. The maximum atomic E-state index is 5.96. The number of ether oxygens (including phenoxy) is 1. The van der Waals surface area contributed by atoms with Gasteiger partial charge in [-0.15, -0.1) is 0 Å². The van der Waals surface area contributed by atoms with Crippen molar-refractivity contribution in [3.05, 3.63) is 54.2 Å². The maximum absolute atomic E-state index is 5.96. The van der Waals surface area contributed by atoms with Crippen LogP contribution < -0.4 is 0 Å². The Morgan fingerprint density at radius 2 is 1.82 bits per heavy atom. The lowest BCUT2D eigenvalue weighted by atomic mass is 10.0. The molecule has 1 aromatic heterocycles. The standard InChI is InChI=1S/C19H23NOSi/c1-22(2,3)12-11-21-14-16-8-6-10-18-19(16)17-9-5-4-7-15(17)13-20-18/h4-10,13H,11-12,14H2,1-3H3. The molecule has 3 aromatic rings. The summed E-state index contributed by atoms with van der Waals surface area (Å²) in [6.45, 7) is 8.66. The lowest BCUT2D eigenvalue weighted by Crippen LogP contribution is -2.21. The van der Waals surface area contributed by atoms with E-state index in [9.17, 15) is 0 Å². The summed E-state index contributed by atoms with van der Waals surface area (Å²) in [5.74, 6) is 0. The molecule has 0 N–H and O–H groups in total. The largest absolute Gasteiger partial charge is 0.377 e. The van der Waals surface area contributed by atoms with Gasteiger partial charge in [0.1, 0.15) is 0 Å². The van der Waals surface area contributed by atoms with Crippen molar-refractivity contribution in [2.45, 2.75) is 32.3 Å². The summed E-state index contributed by atoms with van der Waals surface area (Å²) in [6, 6.07) is 15.9. The van der Waals surface area contributed by atoms with Gasteiger partial charge in [-0.05, 0) is 23.1 Å². The van der Waals surface area contributed by atoms with Crippen molar-refractivity contribution in [1.82, 2.24) is 4.98 Å². The summed E-state index contributed by atoms with van der Waals surface area (Å²) in [7, 11) is -1.03. The van der Waals surface area contributed by atoms with Crippen molar-refractivity contribution in [2.75, 3.05) is 6.61 Å². The monoisotopic (exact) mass is 309 g/mol. The topological polar surface area (TPSA) is 22.1 Å². The smallest absolute Gasteiger partial charge is 0.0723 e. The Morgan fingerprint density at radius 1 is 1.00 bits per heavy atom. The number of rotatable bonds is 5. The minimum Gasteiger partial charge on any atom is -0.377 e. The van der Waals surface area contributed by atoms with Crippen LogP contribution in [0.4, 0.5) is 0 Å². The summed E-state index contributed by atoms with van der Waals surface area (Å²) in [5.41, 5.74) is 2.28. The van der Waals surface area contributed by atoms with Crippen LogP contribution in [0, 0.1) is 0 Å². The van der Waals surface area contributed by atoms with Gasteiger partial charge in [-0.2, -0.15) is 0 Å². The number of fused-ring (bicyclic) bond motifs is 3. The van der Waals surface area contributed by atoms with Gasteiger partial charge in [0, 0.05) is 31.7 Å². The molecule has 2 aromatic carbocycles. The van der Waals surface area contributed by atoms with E-state index in [2.05, 4.69) is 67.1 Å². The number of hydrogen-bond acceptors (Lipinski definition) is 2. The molecule has 0 saturated heterocycles. The van der Waals surface area contributed by atoms with Crippen LogP contribution in [0.15, 0.2) is 48.7 Å². The third kappa shape index (κ3) is 3.37. The zero-order valence-corrected chi connectivity index (χ0v) is 14.6. The van der Waals surface area contributed by atoms with E-state index in [1.54, 1.807) is 0 Å². The minimum absolute atomic E-state index is 0.664. The summed E-state index contributed by atoms with van der Waals surface area (Å²) >= 11 is 0. The normalized spacial score (nSPS) is 12.1. The van der Waals surface area contributed by atoms with Gasteiger partial charge in [0.05, 0.1) is 12.1 Å². The second-order valence-electron chi connectivity index (χ2n) is 7.02. The molecule has 3 heteroatoms. The molecule has 114 valence electrons. The number of nitrogens with zero attached hydrogens (tertiary/aromatic N) is 1. The molecule has 0 aliphatic carbocycles. The molecule has 3 rings (SSSR count). The van der Waals surface area contributed by atoms with Gasteiger partial charge in [0.2, 0.25) is 0 Å². The van der Waals surface area contributed by atoms with E-state index in [1.807, 2.05) is 6.20 Å². The molecule has 0 saturated carbocycles. The van der Waals surface area contributed by atoms with E-state index in [0.29, 0.717) is 6.61 Å². The fraction of sp³-hybridized carbons (Fsp3) is 0.316. The van der Waals surface area contributed by atoms with Crippen molar-refractivity contribution in [1.29, 1.82) is 0 Å². The zero-order valence-electron chi connectivity index (χ0n) is 13.6. The molecule has 0 aliphatic rings. The van der Waals surface area contributed by atoms with Crippen LogP contribution in [-0.4, -0.2) is 19.7 Å². The third-order valence-corrected chi connectivity index (χ3v) is 5.66. The quantitative estimate of drug-likeness (QED) is 0.365. The first-order valence-electron chi connectivity index (χ1n) is 7.88. The van der Waals surface area contributed by atoms with Crippen LogP contribution in [0.25, 0.3) is 21.7 Å². The second-order valence-corrected chi connectivity index (χ2v) is 12.6. The predicted molar refractivity (Wildman–Crippen MR) is 97.1 cm³/mol. The first-order valence-corrected chi connectivity index (χ1v) is 11.6. The predicted octanol–water partition coefficient (Wildman–Crippen LogP) is 5.24. The molecular formula is C19H23NOSi. The Morgan fingerprint density at radius 3 is 2.64 bits per heavy atom. The molecule has 0 spiro atoms. The van der Waals surface area contributed by atoms with E-state index < -0.39 is 8.07 Å². The lowest BCUT2D eigenvalue weighted by molar-refractivity contribution is 0.134. The van der Waals surface area contributed by atoms with Gasteiger partial charge >= 0.3 is 0 Å². The van der Waals surface area contributed by atoms with E-state index in [0.717, 1.165) is 12.1 Å².